The average Bonchev–Trinajstić information content (AvgIpc) is 2.89. The quantitative estimate of drug-likeness (QED) is 0.873. The van der Waals surface area contributed by atoms with Crippen molar-refractivity contribution in [3.63, 3.8) is 0 Å². The predicted octanol–water partition coefficient (Wildman–Crippen LogP) is 2.93. The summed E-state index contributed by atoms with van der Waals surface area (Å²) in [6.45, 7) is 11.4. The van der Waals surface area contributed by atoms with Crippen LogP contribution in [0.15, 0.2) is 24.3 Å². The van der Waals surface area contributed by atoms with Gasteiger partial charge < -0.3 is 15.1 Å². The highest BCUT2D eigenvalue weighted by atomic mass is 35.5. The summed E-state index contributed by atoms with van der Waals surface area (Å²) in [5.74, 6) is -0.114. The summed E-state index contributed by atoms with van der Waals surface area (Å²) in [5, 5.41) is 7.83. The third kappa shape index (κ3) is 4.19. The van der Waals surface area contributed by atoms with Gasteiger partial charge in [-0.25, -0.2) is 0 Å². The molecule has 26 heavy (non-hydrogen) atoms. The van der Waals surface area contributed by atoms with Gasteiger partial charge >= 0.3 is 0 Å². The number of carbonyl (C=O) groups is 1. The number of amides is 1. The van der Waals surface area contributed by atoms with E-state index in [4.69, 9.17) is 11.6 Å². The maximum absolute atomic E-state index is 12.3. The first-order valence-corrected chi connectivity index (χ1v) is 9.42. The summed E-state index contributed by atoms with van der Waals surface area (Å²) in [6.07, 6.45) is 0. The van der Waals surface area contributed by atoms with E-state index >= 15 is 0 Å². The predicted molar refractivity (Wildman–Crippen MR) is 106 cm³/mol. The van der Waals surface area contributed by atoms with Gasteiger partial charge in [0.25, 0.3) is 0 Å². The number of likely N-dealkylation sites (N-methyl/N-ethyl adjacent to an activating group) is 1. The SMILES string of the molecule is CCN1CCN(c2ccc(NC(=O)Cn3nc(C)c(Cl)c3C)cc2)CC1. The van der Waals surface area contributed by atoms with E-state index in [9.17, 15) is 4.79 Å². The maximum Gasteiger partial charge on any atom is 0.246 e. The van der Waals surface area contributed by atoms with E-state index in [1.807, 2.05) is 26.0 Å². The fourth-order valence-corrected chi connectivity index (χ4v) is 3.38. The lowest BCUT2D eigenvalue weighted by Crippen LogP contribution is -2.46. The molecule has 7 heteroatoms. The Bertz CT molecular complexity index is 763. The summed E-state index contributed by atoms with van der Waals surface area (Å²) in [6, 6.07) is 8.04. The number of hydrogen-bond acceptors (Lipinski definition) is 4. The number of piperazine rings is 1. The molecule has 1 N–H and O–H groups in total. The molecule has 0 aliphatic carbocycles. The second-order valence-corrected chi connectivity index (χ2v) is 7.04. The molecule has 3 rings (SSSR count). The van der Waals surface area contributed by atoms with Gasteiger partial charge in [-0.1, -0.05) is 18.5 Å². The van der Waals surface area contributed by atoms with E-state index in [0.29, 0.717) is 5.02 Å². The minimum atomic E-state index is -0.114. The van der Waals surface area contributed by atoms with Crippen LogP contribution >= 0.6 is 11.6 Å². The topological polar surface area (TPSA) is 53.4 Å². The fourth-order valence-electron chi connectivity index (χ4n) is 3.24. The smallest absolute Gasteiger partial charge is 0.246 e. The van der Waals surface area contributed by atoms with Crippen LogP contribution in [-0.4, -0.2) is 53.3 Å². The Morgan fingerprint density at radius 1 is 1.15 bits per heavy atom. The number of anilines is 2. The van der Waals surface area contributed by atoms with E-state index in [1.165, 1.54) is 5.69 Å². The van der Waals surface area contributed by atoms with E-state index in [2.05, 4.69) is 39.3 Å². The van der Waals surface area contributed by atoms with Crippen LogP contribution < -0.4 is 10.2 Å². The number of rotatable bonds is 5. The molecule has 2 aromatic rings. The second-order valence-electron chi connectivity index (χ2n) is 6.66. The van der Waals surface area contributed by atoms with Gasteiger partial charge in [-0.05, 0) is 44.7 Å². The fraction of sp³-hybridized carbons (Fsp3) is 0.474. The lowest BCUT2D eigenvalue weighted by molar-refractivity contribution is -0.116. The molecule has 6 nitrogen and oxygen atoms in total. The van der Waals surface area contributed by atoms with Gasteiger partial charge in [0.2, 0.25) is 5.91 Å². The molecule has 140 valence electrons. The first kappa shape index (κ1) is 18.7. The van der Waals surface area contributed by atoms with Crippen molar-refractivity contribution in [2.24, 2.45) is 0 Å². The zero-order valence-electron chi connectivity index (χ0n) is 15.6. The van der Waals surface area contributed by atoms with Gasteiger partial charge in [-0.15, -0.1) is 0 Å². The van der Waals surface area contributed by atoms with Crippen LogP contribution in [0.5, 0.6) is 0 Å². The number of hydrogen-bond donors (Lipinski definition) is 1. The van der Waals surface area contributed by atoms with Crippen molar-refractivity contribution in [1.29, 1.82) is 0 Å². The number of nitrogens with zero attached hydrogens (tertiary/aromatic N) is 4. The van der Waals surface area contributed by atoms with Crippen LogP contribution in [0.25, 0.3) is 0 Å². The van der Waals surface area contributed by atoms with Crippen molar-refractivity contribution < 1.29 is 4.79 Å². The molecule has 1 aromatic carbocycles. The highest BCUT2D eigenvalue weighted by Crippen LogP contribution is 2.21. The van der Waals surface area contributed by atoms with Gasteiger partial charge in [0.1, 0.15) is 6.54 Å². The molecule has 0 atom stereocenters. The van der Waals surface area contributed by atoms with E-state index in [0.717, 1.165) is 49.8 Å². The maximum atomic E-state index is 12.3. The average molecular weight is 376 g/mol. The number of aryl methyl sites for hydroxylation is 1. The van der Waals surface area contributed by atoms with E-state index in [1.54, 1.807) is 4.68 Å². The molecule has 2 heterocycles. The molecule has 1 aromatic heterocycles. The first-order valence-electron chi connectivity index (χ1n) is 9.04. The Morgan fingerprint density at radius 2 is 1.81 bits per heavy atom. The van der Waals surface area contributed by atoms with Crippen LogP contribution in [-0.2, 0) is 11.3 Å². The number of benzene rings is 1. The third-order valence-electron chi connectivity index (χ3n) is 4.92. The summed E-state index contributed by atoms with van der Waals surface area (Å²) in [7, 11) is 0. The lowest BCUT2D eigenvalue weighted by atomic mass is 10.2. The second kappa shape index (κ2) is 8.10. The van der Waals surface area contributed by atoms with Crippen molar-refractivity contribution in [2.75, 3.05) is 42.9 Å². The van der Waals surface area contributed by atoms with Crippen molar-refractivity contribution >= 4 is 28.9 Å². The van der Waals surface area contributed by atoms with Crippen LogP contribution in [0.1, 0.15) is 18.3 Å². The van der Waals surface area contributed by atoms with Crippen molar-refractivity contribution in [2.45, 2.75) is 27.3 Å². The Kier molecular flexibility index (Phi) is 5.84. The largest absolute Gasteiger partial charge is 0.369 e. The van der Waals surface area contributed by atoms with Crippen LogP contribution in [0.4, 0.5) is 11.4 Å². The van der Waals surface area contributed by atoms with Gasteiger partial charge in [0.15, 0.2) is 0 Å². The van der Waals surface area contributed by atoms with Gasteiger partial charge in [0, 0.05) is 37.6 Å². The van der Waals surface area contributed by atoms with Crippen LogP contribution in [0.3, 0.4) is 0 Å². The standard InChI is InChI=1S/C19H26ClN5O/c1-4-23-9-11-24(12-10-23)17-7-5-16(6-8-17)21-18(26)13-25-15(3)19(20)14(2)22-25/h5-8H,4,9-13H2,1-3H3,(H,21,26). The zero-order chi connectivity index (χ0) is 18.7. The van der Waals surface area contributed by atoms with Crippen LogP contribution in [0.2, 0.25) is 5.02 Å². The Morgan fingerprint density at radius 3 is 2.35 bits per heavy atom. The molecule has 0 bridgehead atoms. The minimum absolute atomic E-state index is 0.114. The van der Waals surface area contributed by atoms with Crippen molar-refractivity contribution in [3.8, 4) is 0 Å². The molecule has 1 aliphatic heterocycles. The molecular weight excluding hydrogens is 350 g/mol. The monoisotopic (exact) mass is 375 g/mol. The highest BCUT2D eigenvalue weighted by molar-refractivity contribution is 6.31. The number of nitrogens with one attached hydrogen (secondary N) is 1. The van der Waals surface area contributed by atoms with Gasteiger partial charge in [0.05, 0.1) is 16.4 Å². The summed E-state index contributed by atoms with van der Waals surface area (Å²) in [5.41, 5.74) is 3.54. The summed E-state index contributed by atoms with van der Waals surface area (Å²) >= 11 is 6.13. The first-order chi connectivity index (χ1) is 12.5. The van der Waals surface area contributed by atoms with Crippen LogP contribution in [0, 0.1) is 13.8 Å². The molecular formula is C19H26ClN5O. The molecule has 0 unspecified atom stereocenters. The number of aromatic nitrogens is 2. The lowest BCUT2D eigenvalue weighted by Gasteiger charge is -2.35. The highest BCUT2D eigenvalue weighted by Gasteiger charge is 2.16. The molecule has 1 amide bonds. The molecule has 0 saturated carbocycles. The number of carbonyl (C=O) groups excluding carboxylic acids is 1. The van der Waals surface area contributed by atoms with Crippen molar-refractivity contribution in [3.05, 3.63) is 40.7 Å². The third-order valence-corrected chi connectivity index (χ3v) is 5.47. The normalized spacial score (nSPS) is 15.3. The molecule has 1 fully saturated rings. The Labute approximate surface area is 159 Å². The van der Waals surface area contributed by atoms with E-state index < -0.39 is 0 Å². The molecule has 1 aliphatic rings. The Balaban J connectivity index is 1.57. The van der Waals surface area contributed by atoms with Crippen molar-refractivity contribution in [1.82, 2.24) is 14.7 Å². The molecule has 0 spiro atoms. The summed E-state index contributed by atoms with van der Waals surface area (Å²) in [4.78, 5) is 17.1. The molecule has 1 saturated heterocycles. The minimum Gasteiger partial charge on any atom is -0.369 e. The molecule has 0 radical (unpaired) electrons. The Hall–Kier alpha value is -2.05. The summed E-state index contributed by atoms with van der Waals surface area (Å²) < 4.78 is 1.63. The zero-order valence-corrected chi connectivity index (χ0v) is 16.4. The number of halogens is 1. The van der Waals surface area contributed by atoms with Gasteiger partial charge in [-0.3, -0.25) is 9.48 Å². The van der Waals surface area contributed by atoms with E-state index in [-0.39, 0.29) is 12.5 Å². The van der Waals surface area contributed by atoms with Gasteiger partial charge in [-0.2, -0.15) is 5.10 Å².